The number of nitrogens with zero attached hydrogens (tertiary/aromatic N) is 2. The quantitative estimate of drug-likeness (QED) is 0.788. The third-order valence-corrected chi connectivity index (χ3v) is 3.67. The number of carbonyl (C=O) groups excluding carboxylic acids is 1. The van der Waals surface area contributed by atoms with Crippen molar-refractivity contribution in [3.8, 4) is 22.8 Å². The molecule has 2 aromatic heterocycles. The number of anilines is 1. The average Bonchev–Trinajstić information content (AvgIpc) is 3.10. The lowest BCUT2D eigenvalue weighted by atomic mass is 10.1. The van der Waals surface area contributed by atoms with Crippen molar-refractivity contribution in [2.24, 2.45) is 0 Å². The van der Waals surface area contributed by atoms with Gasteiger partial charge in [-0.2, -0.15) is 0 Å². The fraction of sp³-hybridized carbons (Fsp3) is 0.167. The third kappa shape index (κ3) is 3.45. The second-order valence-corrected chi connectivity index (χ2v) is 5.51. The van der Waals surface area contributed by atoms with E-state index in [0.29, 0.717) is 41.9 Å². The van der Waals surface area contributed by atoms with Gasteiger partial charge in [-0.15, -0.1) is 0 Å². The van der Waals surface area contributed by atoms with Crippen molar-refractivity contribution in [2.75, 3.05) is 18.5 Å². The topological polar surface area (TPSA) is 86.5 Å². The molecule has 3 heterocycles. The molecule has 0 unspecified atom stereocenters. The Bertz CT molecular complexity index is 892. The van der Waals surface area contributed by atoms with Gasteiger partial charge in [-0.05, 0) is 30.3 Å². The van der Waals surface area contributed by atoms with Crippen LogP contribution < -0.4 is 14.8 Å². The predicted octanol–water partition coefficient (Wildman–Crippen LogP) is 2.69. The first-order chi connectivity index (χ1) is 12.3. The Labute approximate surface area is 143 Å². The molecule has 0 spiro atoms. The van der Waals surface area contributed by atoms with Crippen molar-refractivity contribution >= 4 is 11.6 Å². The Balaban J connectivity index is 1.46. The van der Waals surface area contributed by atoms with Gasteiger partial charge < -0.3 is 19.3 Å². The van der Waals surface area contributed by atoms with Gasteiger partial charge in [-0.1, -0.05) is 5.16 Å². The molecule has 0 fully saturated rings. The van der Waals surface area contributed by atoms with Crippen molar-refractivity contribution in [1.82, 2.24) is 10.1 Å². The number of fused-ring (bicyclic) bond motifs is 1. The first kappa shape index (κ1) is 15.2. The number of aromatic nitrogens is 2. The smallest absolute Gasteiger partial charge is 0.230 e. The van der Waals surface area contributed by atoms with Crippen LogP contribution in [-0.4, -0.2) is 29.3 Å². The van der Waals surface area contributed by atoms with E-state index in [9.17, 15) is 4.79 Å². The summed E-state index contributed by atoms with van der Waals surface area (Å²) in [6.07, 6.45) is 3.34. The summed E-state index contributed by atoms with van der Waals surface area (Å²) in [5.74, 6) is 1.78. The molecule has 1 amide bonds. The highest BCUT2D eigenvalue weighted by atomic mass is 16.6. The van der Waals surface area contributed by atoms with Crippen molar-refractivity contribution in [3.63, 3.8) is 0 Å². The molecule has 0 radical (unpaired) electrons. The molecule has 1 aliphatic heterocycles. The van der Waals surface area contributed by atoms with Crippen LogP contribution in [0.3, 0.4) is 0 Å². The van der Waals surface area contributed by atoms with E-state index in [0.717, 1.165) is 5.56 Å². The van der Waals surface area contributed by atoms with E-state index in [1.54, 1.807) is 30.6 Å². The molecule has 1 N–H and O–H groups in total. The van der Waals surface area contributed by atoms with Gasteiger partial charge in [0, 0.05) is 17.8 Å². The lowest BCUT2D eigenvalue weighted by molar-refractivity contribution is -0.115. The largest absolute Gasteiger partial charge is 0.486 e. The summed E-state index contributed by atoms with van der Waals surface area (Å²) in [4.78, 5) is 16.0. The fourth-order valence-electron chi connectivity index (χ4n) is 2.53. The minimum Gasteiger partial charge on any atom is -0.486 e. The highest BCUT2D eigenvalue weighted by Crippen LogP contribution is 2.34. The Hall–Kier alpha value is -3.35. The van der Waals surface area contributed by atoms with E-state index in [2.05, 4.69) is 15.5 Å². The highest BCUT2D eigenvalue weighted by molar-refractivity contribution is 5.91. The van der Waals surface area contributed by atoms with Crippen molar-refractivity contribution < 1.29 is 18.8 Å². The van der Waals surface area contributed by atoms with Crippen molar-refractivity contribution in [1.29, 1.82) is 0 Å². The highest BCUT2D eigenvalue weighted by Gasteiger charge is 2.15. The number of benzene rings is 1. The molecule has 4 rings (SSSR count). The minimum absolute atomic E-state index is 0.114. The van der Waals surface area contributed by atoms with E-state index in [-0.39, 0.29) is 12.3 Å². The Morgan fingerprint density at radius 2 is 2.00 bits per heavy atom. The molecule has 7 nitrogen and oxygen atoms in total. The monoisotopic (exact) mass is 337 g/mol. The van der Waals surface area contributed by atoms with Gasteiger partial charge in [0.2, 0.25) is 5.91 Å². The molecule has 0 saturated heterocycles. The number of pyridine rings is 1. The Kier molecular flexibility index (Phi) is 4.04. The van der Waals surface area contributed by atoms with E-state index in [1.165, 1.54) is 0 Å². The zero-order valence-corrected chi connectivity index (χ0v) is 13.3. The summed E-state index contributed by atoms with van der Waals surface area (Å²) in [6.45, 7) is 1.07. The number of carbonyl (C=O) groups is 1. The zero-order chi connectivity index (χ0) is 17.1. The lowest BCUT2D eigenvalue weighted by Crippen LogP contribution is -2.15. The van der Waals surface area contributed by atoms with Gasteiger partial charge in [-0.25, -0.2) is 0 Å². The van der Waals surface area contributed by atoms with Crippen LogP contribution in [0, 0.1) is 0 Å². The van der Waals surface area contributed by atoms with Crippen LogP contribution in [0.5, 0.6) is 11.5 Å². The zero-order valence-electron chi connectivity index (χ0n) is 13.3. The van der Waals surface area contributed by atoms with Crippen LogP contribution in [0.4, 0.5) is 5.69 Å². The number of ether oxygens (including phenoxy) is 2. The van der Waals surface area contributed by atoms with Crippen LogP contribution in [0.25, 0.3) is 11.3 Å². The molecule has 25 heavy (non-hydrogen) atoms. The summed E-state index contributed by atoms with van der Waals surface area (Å²) in [5.41, 5.74) is 2.00. The maximum Gasteiger partial charge on any atom is 0.230 e. The second-order valence-electron chi connectivity index (χ2n) is 5.51. The van der Waals surface area contributed by atoms with Crippen LogP contribution in [-0.2, 0) is 11.2 Å². The first-order valence-corrected chi connectivity index (χ1v) is 7.83. The predicted molar refractivity (Wildman–Crippen MR) is 89.5 cm³/mol. The molecule has 126 valence electrons. The van der Waals surface area contributed by atoms with Crippen LogP contribution in [0.15, 0.2) is 53.3 Å². The van der Waals surface area contributed by atoms with Gasteiger partial charge in [-0.3, -0.25) is 9.78 Å². The summed E-state index contributed by atoms with van der Waals surface area (Å²) in [7, 11) is 0. The van der Waals surface area contributed by atoms with Gasteiger partial charge in [0.15, 0.2) is 17.3 Å². The van der Waals surface area contributed by atoms with Crippen LogP contribution >= 0.6 is 0 Å². The minimum atomic E-state index is -0.185. The Morgan fingerprint density at radius 1 is 1.12 bits per heavy atom. The average molecular weight is 337 g/mol. The molecule has 1 aromatic carbocycles. The maximum absolute atomic E-state index is 12.1. The molecule has 3 aromatic rings. The molecule has 1 aliphatic rings. The number of nitrogens with one attached hydrogen (secondary N) is 1. The molecular formula is C18H15N3O4. The molecule has 7 heteroatoms. The summed E-state index contributed by atoms with van der Waals surface area (Å²) >= 11 is 0. The fourth-order valence-corrected chi connectivity index (χ4v) is 2.53. The maximum atomic E-state index is 12.1. The normalized spacial score (nSPS) is 12.6. The first-order valence-electron chi connectivity index (χ1n) is 7.83. The van der Waals surface area contributed by atoms with E-state index in [1.807, 2.05) is 18.2 Å². The van der Waals surface area contributed by atoms with Gasteiger partial charge in [0.05, 0.1) is 24.0 Å². The lowest BCUT2D eigenvalue weighted by Gasteiger charge is -2.18. The molecule has 0 aliphatic carbocycles. The molecule has 0 bridgehead atoms. The molecule has 0 saturated carbocycles. The van der Waals surface area contributed by atoms with Crippen molar-refractivity contribution in [3.05, 3.63) is 54.5 Å². The molecule has 0 atom stereocenters. The van der Waals surface area contributed by atoms with E-state index < -0.39 is 0 Å². The second kappa shape index (κ2) is 6.64. The van der Waals surface area contributed by atoms with E-state index in [4.69, 9.17) is 14.0 Å². The SMILES string of the molecule is O=C(Cc1cc(-c2ccc3c(c2)OCCO3)on1)Nc1cccnc1. The molecular weight excluding hydrogens is 322 g/mol. The van der Waals surface area contributed by atoms with Gasteiger partial charge in [0.25, 0.3) is 0 Å². The summed E-state index contributed by atoms with van der Waals surface area (Å²) < 4.78 is 16.4. The van der Waals surface area contributed by atoms with E-state index >= 15 is 0 Å². The summed E-state index contributed by atoms with van der Waals surface area (Å²) in [6, 6.07) is 10.8. The number of amides is 1. The number of hydrogen-bond acceptors (Lipinski definition) is 6. The number of rotatable bonds is 4. The van der Waals surface area contributed by atoms with Crippen LogP contribution in [0.1, 0.15) is 5.69 Å². The number of hydrogen-bond donors (Lipinski definition) is 1. The van der Waals surface area contributed by atoms with Crippen molar-refractivity contribution in [2.45, 2.75) is 6.42 Å². The standard InChI is InChI=1S/C18H15N3O4/c22-18(20-13-2-1-5-19-11-13)10-14-9-16(25-21-14)12-3-4-15-17(8-12)24-7-6-23-15/h1-5,8-9,11H,6-7,10H2,(H,20,22). The Morgan fingerprint density at radius 3 is 2.84 bits per heavy atom. The van der Waals surface area contributed by atoms with Crippen LogP contribution in [0.2, 0.25) is 0 Å². The summed E-state index contributed by atoms with van der Waals surface area (Å²) in [5, 5.41) is 6.72. The third-order valence-electron chi connectivity index (χ3n) is 3.67. The van der Waals surface area contributed by atoms with Gasteiger partial charge in [0.1, 0.15) is 13.2 Å². The van der Waals surface area contributed by atoms with Gasteiger partial charge >= 0.3 is 0 Å².